The molecule has 0 unspecified atom stereocenters. The first-order valence-corrected chi connectivity index (χ1v) is 8.73. The maximum Gasteiger partial charge on any atom is 0.338 e. The molecule has 0 saturated heterocycles. The summed E-state index contributed by atoms with van der Waals surface area (Å²) in [6, 6.07) is 15.1. The van der Waals surface area contributed by atoms with Gasteiger partial charge in [0.15, 0.2) is 6.10 Å². The molecule has 1 atom stereocenters. The van der Waals surface area contributed by atoms with Crippen LogP contribution in [0.4, 0.5) is 0 Å². The van der Waals surface area contributed by atoms with Gasteiger partial charge in [0.05, 0.1) is 12.2 Å². The van der Waals surface area contributed by atoms with Gasteiger partial charge in [0, 0.05) is 20.2 Å². The average molecular weight is 353 g/mol. The minimum Gasteiger partial charge on any atom is -0.449 e. The first-order chi connectivity index (χ1) is 12.6. The molecular formula is C21H23NO4. The Balaban J connectivity index is 1.59. The van der Waals surface area contributed by atoms with Crippen molar-refractivity contribution >= 4 is 11.9 Å². The lowest BCUT2D eigenvalue weighted by Gasteiger charge is -2.30. The summed E-state index contributed by atoms with van der Waals surface area (Å²) in [5.74, 6) is -0.656. The highest BCUT2D eigenvalue weighted by molar-refractivity contribution is 5.92. The molecule has 0 spiro atoms. The third-order valence-electron chi connectivity index (χ3n) is 4.57. The Bertz CT molecular complexity index is 785. The largest absolute Gasteiger partial charge is 0.449 e. The molecule has 26 heavy (non-hydrogen) atoms. The van der Waals surface area contributed by atoms with Crippen molar-refractivity contribution in [2.24, 2.45) is 0 Å². The van der Waals surface area contributed by atoms with Gasteiger partial charge in [-0.05, 0) is 42.2 Å². The highest BCUT2D eigenvalue weighted by atomic mass is 16.5. The summed E-state index contributed by atoms with van der Waals surface area (Å²) >= 11 is 0. The number of carbonyl (C=O) groups excluding carboxylic acids is 2. The standard InChI is InChI=1S/C21H23NO4/c1-15(26-21(24)18-9-7-16(8-10-18)14-25-2)20(23)22-12-11-17-5-3-4-6-19(17)13-22/h3-10,15H,11-14H2,1-2H3/t15-/m0/s1. The number of rotatable bonds is 5. The molecule has 1 aliphatic rings. The van der Waals surface area contributed by atoms with E-state index in [2.05, 4.69) is 6.07 Å². The van der Waals surface area contributed by atoms with Gasteiger partial charge in [-0.25, -0.2) is 4.79 Å². The fourth-order valence-electron chi connectivity index (χ4n) is 3.12. The van der Waals surface area contributed by atoms with Crippen LogP contribution in [0.1, 0.15) is 34.0 Å². The van der Waals surface area contributed by atoms with Crippen molar-refractivity contribution in [3.63, 3.8) is 0 Å². The van der Waals surface area contributed by atoms with Gasteiger partial charge in [-0.1, -0.05) is 36.4 Å². The monoisotopic (exact) mass is 353 g/mol. The molecule has 3 rings (SSSR count). The second-order valence-electron chi connectivity index (χ2n) is 6.46. The second kappa shape index (κ2) is 8.15. The van der Waals surface area contributed by atoms with E-state index >= 15 is 0 Å². The SMILES string of the molecule is COCc1ccc(C(=O)O[C@@H](C)C(=O)N2CCc3ccccc3C2)cc1. The Morgan fingerprint density at radius 1 is 1.08 bits per heavy atom. The summed E-state index contributed by atoms with van der Waals surface area (Å²) in [5, 5.41) is 0. The van der Waals surface area contributed by atoms with Crippen molar-refractivity contribution in [3.05, 3.63) is 70.8 Å². The van der Waals surface area contributed by atoms with Crippen LogP contribution in [0.15, 0.2) is 48.5 Å². The first-order valence-electron chi connectivity index (χ1n) is 8.73. The van der Waals surface area contributed by atoms with E-state index in [1.165, 1.54) is 5.56 Å². The van der Waals surface area contributed by atoms with Crippen molar-refractivity contribution in [3.8, 4) is 0 Å². The number of methoxy groups -OCH3 is 1. The first kappa shape index (κ1) is 18.1. The molecule has 0 fully saturated rings. The molecule has 0 aliphatic carbocycles. The number of benzene rings is 2. The predicted octanol–water partition coefficient (Wildman–Crippen LogP) is 2.96. The molecule has 1 aliphatic heterocycles. The van der Waals surface area contributed by atoms with Crippen molar-refractivity contribution in [2.75, 3.05) is 13.7 Å². The van der Waals surface area contributed by atoms with Crippen LogP contribution in [0.25, 0.3) is 0 Å². The topological polar surface area (TPSA) is 55.8 Å². The Morgan fingerprint density at radius 3 is 2.46 bits per heavy atom. The highest BCUT2D eigenvalue weighted by Crippen LogP contribution is 2.19. The quantitative estimate of drug-likeness (QED) is 0.776. The summed E-state index contributed by atoms with van der Waals surface area (Å²) < 4.78 is 10.4. The van der Waals surface area contributed by atoms with Crippen LogP contribution in [0.2, 0.25) is 0 Å². The smallest absolute Gasteiger partial charge is 0.338 e. The molecule has 0 radical (unpaired) electrons. The normalized spacial score (nSPS) is 14.5. The summed E-state index contributed by atoms with van der Waals surface area (Å²) in [4.78, 5) is 26.7. The zero-order valence-electron chi connectivity index (χ0n) is 15.1. The molecule has 2 aromatic rings. The van der Waals surface area contributed by atoms with Crippen LogP contribution in [0, 0.1) is 0 Å². The van der Waals surface area contributed by atoms with Crippen LogP contribution in [0.3, 0.4) is 0 Å². The van der Waals surface area contributed by atoms with E-state index in [4.69, 9.17) is 9.47 Å². The van der Waals surface area contributed by atoms with Crippen LogP contribution >= 0.6 is 0 Å². The Morgan fingerprint density at radius 2 is 1.77 bits per heavy atom. The molecular weight excluding hydrogens is 330 g/mol. The predicted molar refractivity (Wildman–Crippen MR) is 97.6 cm³/mol. The van der Waals surface area contributed by atoms with E-state index in [0.717, 1.165) is 17.5 Å². The van der Waals surface area contributed by atoms with Crippen LogP contribution < -0.4 is 0 Å². The minimum absolute atomic E-state index is 0.163. The number of fused-ring (bicyclic) bond motifs is 1. The van der Waals surface area contributed by atoms with Crippen LogP contribution in [0.5, 0.6) is 0 Å². The van der Waals surface area contributed by atoms with E-state index in [-0.39, 0.29) is 5.91 Å². The van der Waals surface area contributed by atoms with Gasteiger partial charge >= 0.3 is 5.97 Å². The molecule has 2 aromatic carbocycles. The van der Waals surface area contributed by atoms with E-state index in [1.807, 2.05) is 30.3 Å². The van der Waals surface area contributed by atoms with Crippen molar-refractivity contribution in [2.45, 2.75) is 32.6 Å². The third-order valence-corrected chi connectivity index (χ3v) is 4.57. The van der Waals surface area contributed by atoms with Gasteiger partial charge < -0.3 is 14.4 Å². The van der Waals surface area contributed by atoms with Crippen LogP contribution in [-0.4, -0.2) is 36.5 Å². The Kier molecular flexibility index (Phi) is 5.68. The molecule has 136 valence electrons. The van der Waals surface area contributed by atoms with E-state index < -0.39 is 12.1 Å². The highest BCUT2D eigenvalue weighted by Gasteiger charge is 2.27. The Labute approximate surface area is 153 Å². The minimum atomic E-state index is -0.814. The number of hydrogen-bond donors (Lipinski definition) is 0. The zero-order valence-corrected chi connectivity index (χ0v) is 15.1. The summed E-state index contributed by atoms with van der Waals surface area (Å²) in [7, 11) is 1.62. The lowest BCUT2D eigenvalue weighted by molar-refractivity contribution is -0.140. The van der Waals surface area contributed by atoms with Gasteiger partial charge in [-0.15, -0.1) is 0 Å². The van der Waals surface area contributed by atoms with Gasteiger partial charge in [0.2, 0.25) is 0 Å². The molecule has 0 saturated carbocycles. The summed E-state index contributed by atoms with van der Waals surface area (Å²) in [6.07, 6.45) is 0.00945. The van der Waals surface area contributed by atoms with E-state index in [1.54, 1.807) is 31.1 Å². The number of amides is 1. The number of nitrogens with zero attached hydrogens (tertiary/aromatic N) is 1. The number of esters is 1. The lowest BCUT2D eigenvalue weighted by Crippen LogP contribution is -2.42. The molecule has 5 nitrogen and oxygen atoms in total. The molecule has 5 heteroatoms. The van der Waals surface area contributed by atoms with Crippen molar-refractivity contribution in [1.29, 1.82) is 0 Å². The van der Waals surface area contributed by atoms with E-state index in [0.29, 0.717) is 25.3 Å². The van der Waals surface area contributed by atoms with Gasteiger partial charge in [0.25, 0.3) is 5.91 Å². The van der Waals surface area contributed by atoms with Crippen molar-refractivity contribution < 1.29 is 19.1 Å². The number of hydrogen-bond acceptors (Lipinski definition) is 4. The maximum absolute atomic E-state index is 12.6. The molecule has 0 bridgehead atoms. The maximum atomic E-state index is 12.6. The molecule has 0 aromatic heterocycles. The fourth-order valence-corrected chi connectivity index (χ4v) is 3.12. The molecule has 1 heterocycles. The molecule has 0 N–H and O–H groups in total. The van der Waals surface area contributed by atoms with E-state index in [9.17, 15) is 9.59 Å². The van der Waals surface area contributed by atoms with Gasteiger partial charge in [0.1, 0.15) is 0 Å². The Hall–Kier alpha value is -2.66. The van der Waals surface area contributed by atoms with Gasteiger partial charge in [-0.3, -0.25) is 4.79 Å². The summed E-state index contributed by atoms with van der Waals surface area (Å²) in [6.45, 7) is 3.31. The second-order valence-corrected chi connectivity index (χ2v) is 6.46. The summed E-state index contributed by atoms with van der Waals surface area (Å²) in [5.41, 5.74) is 3.82. The number of ether oxygens (including phenoxy) is 2. The third kappa shape index (κ3) is 4.11. The van der Waals surface area contributed by atoms with Gasteiger partial charge in [-0.2, -0.15) is 0 Å². The zero-order chi connectivity index (χ0) is 18.5. The number of carbonyl (C=O) groups is 2. The van der Waals surface area contributed by atoms with Crippen LogP contribution in [-0.2, 0) is 33.8 Å². The average Bonchev–Trinajstić information content (AvgIpc) is 2.67. The van der Waals surface area contributed by atoms with Crippen molar-refractivity contribution in [1.82, 2.24) is 4.90 Å². The fraction of sp³-hybridized carbons (Fsp3) is 0.333. The molecule has 1 amide bonds. The lowest BCUT2D eigenvalue weighted by atomic mass is 9.99.